The summed E-state index contributed by atoms with van der Waals surface area (Å²) in [5, 5.41) is 18.9. The van der Waals surface area contributed by atoms with E-state index in [0.717, 1.165) is 12.1 Å². The molecular weight excluding hydrogens is 329 g/mol. The van der Waals surface area contributed by atoms with Crippen molar-refractivity contribution in [2.75, 3.05) is 12.1 Å². The number of ether oxygens (including phenoxy) is 2. The molecule has 8 heteroatoms. The van der Waals surface area contributed by atoms with Gasteiger partial charge in [-0.05, 0) is 30.3 Å². The number of aromatic hydroxyl groups is 1. The third-order valence-corrected chi connectivity index (χ3v) is 3.75. The Kier molecular flexibility index (Phi) is 3.50. The zero-order valence-corrected chi connectivity index (χ0v) is 12.7. The minimum Gasteiger partial charge on any atom is -0.506 e. The number of amides is 1. The number of benzene rings is 2. The number of hydrogen-bond donors (Lipinski definition) is 3. The van der Waals surface area contributed by atoms with Gasteiger partial charge in [0.15, 0.2) is 11.5 Å². The maximum atomic E-state index is 13.3. The van der Waals surface area contributed by atoms with Gasteiger partial charge in [-0.3, -0.25) is 9.89 Å². The summed E-state index contributed by atoms with van der Waals surface area (Å²) in [6.45, 7) is 0.147. The first kappa shape index (κ1) is 15.0. The van der Waals surface area contributed by atoms with Crippen LogP contribution >= 0.6 is 0 Å². The Bertz CT molecular complexity index is 970. The maximum Gasteiger partial charge on any atom is 0.259 e. The zero-order valence-electron chi connectivity index (χ0n) is 12.7. The molecule has 126 valence electrons. The van der Waals surface area contributed by atoms with Gasteiger partial charge in [-0.2, -0.15) is 5.10 Å². The van der Waals surface area contributed by atoms with Crippen molar-refractivity contribution >= 4 is 11.6 Å². The van der Waals surface area contributed by atoms with Crippen LogP contribution in [0.2, 0.25) is 0 Å². The Morgan fingerprint density at radius 3 is 2.92 bits per heavy atom. The highest BCUT2D eigenvalue weighted by atomic mass is 19.1. The average molecular weight is 341 g/mol. The molecule has 0 aliphatic carbocycles. The van der Waals surface area contributed by atoms with Crippen molar-refractivity contribution in [2.24, 2.45) is 0 Å². The lowest BCUT2D eigenvalue weighted by molar-refractivity contribution is 0.102. The van der Waals surface area contributed by atoms with Gasteiger partial charge in [-0.25, -0.2) is 4.39 Å². The number of carbonyl (C=O) groups is 1. The molecule has 2 heterocycles. The summed E-state index contributed by atoms with van der Waals surface area (Å²) in [4.78, 5) is 12.5. The number of phenols is 1. The number of carbonyl (C=O) groups excluding carboxylic acids is 1. The number of aromatic amines is 1. The molecule has 25 heavy (non-hydrogen) atoms. The number of nitrogens with one attached hydrogen (secondary N) is 2. The van der Waals surface area contributed by atoms with E-state index < -0.39 is 11.7 Å². The average Bonchev–Trinajstić information content (AvgIpc) is 3.26. The van der Waals surface area contributed by atoms with Crippen LogP contribution in [-0.4, -0.2) is 28.0 Å². The van der Waals surface area contributed by atoms with Crippen LogP contribution in [0.4, 0.5) is 10.1 Å². The number of aromatic nitrogens is 2. The fourth-order valence-electron chi connectivity index (χ4n) is 2.53. The van der Waals surface area contributed by atoms with Crippen molar-refractivity contribution in [1.82, 2.24) is 10.2 Å². The molecule has 0 fully saturated rings. The summed E-state index contributed by atoms with van der Waals surface area (Å²) in [6, 6.07) is 8.52. The zero-order chi connectivity index (χ0) is 17.4. The van der Waals surface area contributed by atoms with Crippen LogP contribution in [0.3, 0.4) is 0 Å². The molecule has 1 amide bonds. The van der Waals surface area contributed by atoms with E-state index in [1.54, 1.807) is 18.2 Å². The molecule has 0 unspecified atom stereocenters. The Morgan fingerprint density at radius 2 is 2.04 bits per heavy atom. The summed E-state index contributed by atoms with van der Waals surface area (Å²) in [5.41, 5.74) is 1.35. The van der Waals surface area contributed by atoms with Gasteiger partial charge in [0.25, 0.3) is 5.91 Å². The van der Waals surface area contributed by atoms with Gasteiger partial charge in [0.2, 0.25) is 6.79 Å². The molecule has 0 saturated heterocycles. The molecule has 1 aromatic heterocycles. The normalized spacial score (nSPS) is 12.2. The second-order valence-electron chi connectivity index (χ2n) is 5.34. The fourth-order valence-corrected chi connectivity index (χ4v) is 2.53. The molecule has 1 aliphatic rings. The van der Waals surface area contributed by atoms with Crippen molar-refractivity contribution in [3.8, 4) is 28.5 Å². The Balaban J connectivity index is 1.65. The first-order chi connectivity index (χ1) is 12.1. The van der Waals surface area contributed by atoms with E-state index >= 15 is 0 Å². The molecule has 0 saturated carbocycles. The monoisotopic (exact) mass is 341 g/mol. The van der Waals surface area contributed by atoms with Crippen molar-refractivity contribution in [1.29, 1.82) is 0 Å². The van der Waals surface area contributed by atoms with E-state index in [9.17, 15) is 14.3 Å². The molecule has 3 N–H and O–H groups in total. The first-order valence-corrected chi connectivity index (χ1v) is 7.35. The minimum absolute atomic E-state index is 0.0252. The molecule has 0 bridgehead atoms. The molecule has 4 rings (SSSR count). The van der Waals surface area contributed by atoms with Gasteiger partial charge in [0.1, 0.15) is 11.6 Å². The highest BCUT2D eigenvalue weighted by Gasteiger charge is 2.20. The summed E-state index contributed by atoms with van der Waals surface area (Å²) >= 11 is 0. The summed E-state index contributed by atoms with van der Waals surface area (Å²) in [6.07, 6.45) is 1.35. The second kappa shape index (κ2) is 5.82. The van der Waals surface area contributed by atoms with Gasteiger partial charge in [-0.15, -0.1) is 0 Å². The van der Waals surface area contributed by atoms with Crippen molar-refractivity contribution in [3.05, 3.63) is 54.0 Å². The standard InChI is InChI=1S/C17H12FN3O4/c18-10-2-3-13(22)12(6-10)20-17(23)11-7-19-21-16(11)9-1-4-14-15(5-9)25-8-24-14/h1-7,22H,8H2,(H,19,21)(H,20,23). The van der Waals surface area contributed by atoms with Gasteiger partial charge in [0, 0.05) is 11.6 Å². The minimum atomic E-state index is -0.573. The third-order valence-electron chi connectivity index (χ3n) is 3.75. The van der Waals surface area contributed by atoms with E-state index in [-0.39, 0.29) is 23.8 Å². The first-order valence-electron chi connectivity index (χ1n) is 7.35. The smallest absolute Gasteiger partial charge is 0.259 e. The van der Waals surface area contributed by atoms with E-state index in [1.807, 2.05) is 0 Å². The summed E-state index contributed by atoms with van der Waals surface area (Å²) in [5.74, 6) is -0.151. The van der Waals surface area contributed by atoms with Crippen LogP contribution in [0.15, 0.2) is 42.6 Å². The summed E-state index contributed by atoms with van der Waals surface area (Å²) in [7, 11) is 0. The number of rotatable bonds is 3. The molecule has 7 nitrogen and oxygen atoms in total. The van der Waals surface area contributed by atoms with Crippen molar-refractivity contribution < 1.29 is 23.8 Å². The lowest BCUT2D eigenvalue weighted by Gasteiger charge is -2.08. The maximum absolute atomic E-state index is 13.3. The van der Waals surface area contributed by atoms with E-state index in [4.69, 9.17) is 9.47 Å². The van der Waals surface area contributed by atoms with Gasteiger partial charge in [-0.1, -0.05) is 0 Å². The Hall–Kier alpha value is -3.55. The number of anilines is 1. The van der Waals surface area contributed by atoms with Crippen LogP contribution < -0.4 is 14.8 Å². The lowest BCUT2D eigenvalue weighted by Crippen LogP contribution is -2.12. The van der Waals surface area contributed by atoms with Crippen LogP contribution in [-0.2, 0) is 0 Å². The van der Waals surface area contributed by atoms with Crippen molar-refractivity contribution in [3.63, 3.8) is 0 Å². The van der Waals surface area contributed by atoms with Crippen LogP contribution in [0, 0.1) is 5.82 Å². The predicted octanol–water partition coefficient (Wildman–Crippen LogP) is 2.90. The number of phenolic OH excluding ortho intramolecular Hbond substituents is 1. The van der Waals surface area contributed by atoms with E-state index in [0.29, 0.717) is 22.8 Å². The van der Waals surface area contributed by atoms with Crippen LogP contribution in [0.1, 0.15) is 10.4 Å². The third kappa shape index (κ3) is 2.74. The Morgan fingerprint density at radius 1 is 1.20 bits per heavy atom. The van der Waals surface area contributed by atoms with Gasteiger partial charge in [0.05, 0.1) is 23.1 Å². The SMILES string of the molecule is O=C(Nc1cc(F)ccc1O)c1cn[nH]c1-c1ccc2c(c1)OCO2. The van der Waals surface area contributed by atoms with Crippen LogP contribution in [0.25, 0.3) is 11.3 Å². The van der Waals surface area contributed by atoms with E-state index in [1.165, 1.54) is 12.3 Å². The Labute approximate surface area is 141 Å². The number of H-pyrrole nitrogens is 1. The highest BCUT2D eigenvalue weighted by molar-refractivity contribution is 6.08. The fraction of sp³-hybridized carbons (Fsp3) is 0.0588. The van der Waals surface area contributed by atoms with Gasteiger partial charge >= 0.3 is 0 Å². The number of fused-ring (bicyclic) bond motifs is 1. The van der Waals surface area contributed by atoms with Crippen molar-refractivity contribution in [2.45, 2.75) is 0 Å². The van der Waals surface area contributed by atoms with Gasteiger partial charge < -0.3 is 19.9 Å². The number of nitrogens with zero attached hydrogens (tertiary/aromatic N) is 1. The molecule has 0 spiro atoms. The summed E-state index contributed by atoms with van der Waals surface area (Å²) < 4.78 is 23.9. The van der Waals surface area contributed by atoms with Crippen LogP contribution in [0.5, 0.6) is 17.2 Å². The second-order valence-corrected chi connectivity index (χ2v) is 5.34. The largest absolute Gasteiger partial charge is 0.506 e. The topological polar surface area (TPSA) is 96.5 Å². The highest BCUT2D eigenvalue weighted by Crippen LogP contribution is 2.36. The predicted molar refractivity (Wildman–Crippen MR) is 86.2 cm³/mol. The molecule has 3 aromatic rings. The molecular formula is C17H12FN3O4. The molecule has 0 radical (unpaired) electrons. The number of hydrogen-bond acceptors (Lipinski definition) is 5. The van der Waals surface area contributed by atoms with E-state index in [2.05, 4.69) is 15.5 Å². The quantitative estimate of drug-likeness (QED) is 0.637. The molecule has 1 aliphatic heterocycles. The molecule has 0 atom stereocenters. The lowest BCUT2D eigenvalue weighted by atomic mass is 10.1. The number of halogens is 1. The molecule has 2 aromatic carbocycles.